The Kier molecular flexibility index (Phi) is 2.12. The van der Waals surface area contributed by atoms with E-state index in [9.17, 15) is 9.59 Å². The molecule has 3 amide bonds. The molecule has 4 heteroatoms. The van der Waals surface area contributed by atoms with Crippen molar-refractivity contribution in [2.45, 2.75) is 18.9 Å². The predicted molar refractivity (Wildman–Crippen MR) is 40.0 cm³/mol. The van der Waals surface area contributed by atoms with Crippen LogP contribution in [0.5, 0.6) is 0 Å². The van der Waals surface area contributed by atoms with Crippen LogP contribution >= 0.6 is 0 Å². The molecule has 0 N–H and O–H groups in total. The maximum absolute atomic E-state index is 11.2. The molecule has 11 heavy (non-hydrogen) atoms. The zero-order chi connectivity index (χ0) is 8.43. The van der Waals surface area contributed by atoms with Crippen LogP contribution in [0.25, 0.3) is 0 Å². The number of carbonyl (C=O) groups excluding carboxylic acids is 2. The molecule has 1 rings (SSSR count). The third-order valence-corrected chi connectivity index (χ3v) is 1.86. The highest BCUT2D eigenvalue weighted by atomic mass is 16.2. The second-order valence-corrected chi connectivity index (χ2v) is 2.84. The Labute approximate surface area is 65.8 Å². The molecule has 0 spiro atoms. The Morgan fingerprint density at radius 2 is 2.00 bits per heavy atom. The van der Waals surface area contributed by atoms with Gasteiger partial charge in [-0.2, -0.15) is 0 Å². The minimum atomic E-state index is -0.220. The summed E-state index contributed by atoms with van der Waals surface area (Å²) < 4.78 is 0. The first-order valence-electron chi connectivity index (χ1n) is 3.61. The Hall–Kier alpha value is -1.06. The highest BCUT2D eigenvalue weighted by Crippen LogP contribution is 2.25. The lowest BCUT2D eigenvalue weighted by Crippen LogP contribution is -2.39. The molecule has 1 fully saturated rings. The van der Waals surface area contributed by atoms with Crippen LogP contribution in [0.1, 0.15) is 12.8 Å². The molecule has 0 heterocycles. The van der Waals surface area contributed by atoms with Crippen molar-refractivity contribution in [3.05, 3.63) is 0 Å². The van der Waals surface area contributed by atoms with Gasteiger partial charge in [-0.1, -0.05) is 0 Å². The molecule has 0 saturated heterocycles. The van der Waals surface area contributed by atoms with Crippen LogP contribution in [0, 0.1) is 0 Å². The molecule has 0 aromatic rings. The van der Waals surface area contributed by atoms with Crippen LogP contribution in [-0.2, 0) is 4.79 Å². The fraction of sp³-hybridized carbons (Fsp3) is 0.714. The molecule has 0 radical (unpaired) electrons. The summed E-state index contributed by atoms with van der Waals surface area (Å²) in [5.41, 5.74) is 0. The van der Waals surface area contributed by atoms with E-state index in [4.69, 9.17) is 0 Å². The van der Waals surface area contributed by atoms with E-state index in [0.29, 0.717) is 12.5 Å². The second kappa shape index (κ2) is 2.90. The van der Waals surface area contributed by atoms with Gasteiger partial charge in [0.05, 0.1) is 0 Å². The van der Waals surface area contributed by atoms with E-state index in [1.165, 1.54) is 7.05 Å². The van der Waals surface area contributed by atoms with Gasteiger partial charge >= 0.3 is 6.03 Å². The zero-order valence-electron chi connectivity index (χ0n) is 6.78. The SMILES string of the molecule is CN(C=O)C(=O)N(C)C1CC1. The van der Waals surface area contributed by atoms with Gasteiger partial charge in [-0.25, -0.2) is 4.79 Å². The maximum Gasteiger partial charge on any atom is 0.326 e. The lowest BCUT2D eigenvalue weighted by atomic mass is 10.6. The summed E-state index contributed by atoms with van der Waals surface area (Å²) in [6, 6.07) is 0.146. The Morgan fingerprint density at radius 3 is 2.36 bits per heavy atom. The standard InChI is InChI=1S/C7H12N2O2/c1-8(5-10)7(11)9(2)6-3-4-6/h5-6H,3-4H2,1-2H3. The Balaban J connectivity index is 2.44. The molecule has 0 bridgehead atoms. The molecule has 0 atom stereocenters. The first-order valence-corrected chi connectivity index (χ1v) is 3.61. The average Bonchev–Trinajstić information content (AvgIpc) is 2.82. The number of carbonyl (C=O) groups is 2. The molecule has 0 aromatic heterocycles. The molecular formula is C7H12N2O2. The van der Waals surface area contributed by atoms with Crippen LogP contribution in [0.15, 0.2) is 0 Å². The van der Waals surface area contributed by atoms with Gasteiger partial charge in [-0.05, 0) is 12.8 Å². The zero-order valence-corrected chi connectivity index (χ0v) is 6.78. The van der Waals surface area contributed by atoms with Crippen molar-refractivity contribution in [3.8, 4) is 0 Å². The monoisotopic (exact) mass is 156 g/mol. The fourth-order valence-corrected chi connectivity index (χ4v) is 0.912. The molecule has 62 valence electrons. The van der Waals surface area contributed by atoms with Gasteiger partial charge in [0.1, 0.15) is 0 Å². The largest absolute Gasteiger partial charge is 0.326 e. The molecule has 1 aliphatic rings. The Bertz CT molecular complexity index is 177. The quantitative estimate of drug-likeness (QED) is 0.539. The van der Waals surface area contributed by atoms with Crippen molar-refractivity contribution >= 4 is 12.4 Å². The smallest absolute Gasteiger partial charge is 0.324 e. The first kappa shape index (κ1) is 8.04. The topological polar surface area (TPSA) is 40.6 Å². The molecule has 1 saturated carbocycles. The summed E-state index contributed by atoms with van der Waals surface area (Å²) >= 11 is 0. The average molecular weight is 156 g/mol. The molecule has 1 aliphatic carbocycles. The van der Waals surface area contributed by atoms with E-state index in [1.54, 1.807) is 11.9 Å². The number of nitrogens with zero attached hydrogens (tertiary/aromatic N) is 2. The van der Waals surface area contributed by atoms with Crippen LogP contribution in [0.3, 0.4) is 0 Å². The first-order chi connectivity index (χ1) is 5.16. The van der Waals surface area contributed by atoms with Crippen molar-refractivity contribution in [2.24, 2.45) is 0 Å². The summed E-state index contributed by atoms with van der Waals surface area (Å²) in [7, 11) is 3.19. The van der Waals surface area contributed by atoms with Crippen molar-refractivity contribution < 1.29 is 9.59 Å². The minimum Gasteiger partial charge on any atom is -0.324 e. The summed E-state index contributed by atoms with van der Waals surface area (Å²) in [5, 5.41) is 0. The van der Waals surface area contributed by atoms with Crippen molar-refractivity contribution in [3.63, 3.8) is 0 Å². The van der Waals surface area contributed by atoms with E-state index in [1.807, 2.05) is 0 Å². The van der Waals surface area contributed by atoms with Gasteiger partial charge in [-0.3, -0.25) is 9.69 Å². The highest BCUT2D eigenvalue weighted by Gasteiger charge is 2.30. The molecule has 0 aliphatic heterocycles. The number of rotatable bonds is 2. The third-order valence-electron chi connectivity index (χ3n) is 1.86. The van der Waals surface area contributed by atoms with E-state index in [-0.39, 0.29) is 6.03 Å². The van der Waals surface area contributed by atoms with Gasteiger partial charge in [0.2, 0.25) is 6.41 Å². The van der Waals surface area contributed by atoms with Crippen LogP contribution in [0.2, 0.25) is 0 Å². The summed E-state index contributed by atoms with van der Waals surface area (Å²) in [4.78, 5) is 24.0. The lowest BCUT2D eigenvalue weighted by Gasteiger charge is -2.19. The number of hydrogen-bond acceptors (Lipinski definition) is 2. The number of amides is 3. The van der Waals surface area contributed by atoms with E-state index in [0.717, 1.165) is 17.7 Å². The molecule has 4 nitrogen and oxygen atoms in total. The summed E-state index contributed by atoms with van der Waals surface area (Å²) in [6.45, 7) is 0. The molecular weight excluding hydrogens is 144 g/mol. The lowest BCUT2D eigenvalue weighted by molar-refractivity contribution is -0.115. The van der Waals surface area contributed by atoms with Gasteiger partial charge in [-0.15, -0.1) is 0 Å². The highest BCUT2D eigenvalue weighted by molar-refractivity contribution is 5.84. The van der Waals surface area contributed by atoms with Crippen LogP contribution in [-0.4, -0.2) is 42.4 Å². The number of urea groups is 1. The maximum atomic E-state index is 11.2. The van der Waals surface area contributed by atoms with E-state index in [2.05, 4.69) is 0 Å². The normalized spacial score (nSPS) is 15.8. The number of hydrogen-bond donors (Lipinski definition) is 0. The van der Waals surface area contributed by atoms with Gasteiger partial charge in [0.25, 0.3) is 0 Å². The van der Waals surface area contributed by atoms with Crippen LogP contribution in [0.4, 0.5) is 4.79 Å². The van der Waals surface area contributed by atoms with Gasteiger partial charge in [0, 0.05) is 20.1 Å². The van der Waals surface area contributed by atoms with Gasteiger partial charge < -0.3 is 4.90 Å². The summed E-state index contributed by atoms with van der Waals surface area (Å²) in [5.74, 6) is 0. The van der Waals surface area contributed by atoms with E-state index >= 15 is 0 Å². The van der Waals surface area contributed by atoms with Crippen molar-refractivity contribution in [1.82, 2.24) is 9.80 Å². The molecule has 0 aromatic carbocycles. The number of imide groups is 1. The fourth-order valence-electron chi connectivity index (χ4n) is 0.912. The molecule has 0 unspecified atom stereocenters. The predicted octanol–water partition coefficient (Wildman–Crippen LogP) is 0.289. The van der Waals surface area contributed by atoms with Gasteiger partial charge in [0.15, 0.2) is 0 Å². The van der Waals surface area contributed by atoms with Crippen LogP contribution < -0.4 is 0 Å². The van der Waals surface area contributed by atoms with Crippen molar-refractivity contribution in [1.29, 1.82) is 0 Å². The van der Waals surface area contributed by atoms with E-state index < -0.39 is 0 Å². The third kappa shape index (κ3) is 1.69. The minimum absolute atomic E-state index is 0.220. The second-order valence-electron chi connectivity index (χ2n) is 2.84. The Morgan fingerprint density at radius 1 is 1.45 bits per heavy atom. The summed E-state index contributed by atoms with van der Waals surface area (Å²) in [6.07, 6.45) is 2.66. The van der Waals surface area contributed by atoms with Crippen molar-refractivity contribution in [2.75, 3.05) is 14.1 Å².